The van der Waals surface area contributed by atoms with Gasteiger partial charge in [-0.05, 0) is 41.2 Å². The minimum Gasteiger partial charge on any atom is -0.0984 e. The maximum absolute atomic E-state index is 3.82. The van der Waals surface area contributed by atoms with E-state index < -0.39 is 0 Å². The lowest BCUT2D eigenvalue weighted by atomic mass is 10.0. The van der Waals surface area contributed by atoms with E-state index in [0.29, 0.717) is 0 Å². The minimum absolute atomic E-state index is 0.916. The van der Waals surface area contributed by atoms with E-state index in [2.05, 4.69) is 36.8 Å². The zero-order valence-corrected chi connectivity index (χ0v) is 11.2. The number of hydrogen-bond acceptors (Lipinski definition) is 0. The summed E-state index contributed by atoms with van der Waals surface area (Å²) in [5.41, 5.74) is 3.91. The molecule has 0 bridgehead atoms. The molecule has 0 nitrogen and oxygen atoms in total. The Morgan fingerprint density at radius 3 is 2.20 bits per heavy atom. The molecule has 0 atom stereocenters. The average molecular weight is 254 g/mol. The molecular weight excluding hydrogens is 240 g/mol. The molecule has 0 unspecified atom stereocenters. The molecule has 0 aliphatic carbocycles. The third kappa shape index (κ3) is 3.29. The molecule has 0 aliphatic heterocycles. The smallest absolute Gasteiger partial charge is 0.0333 e. The van der Waals surface area contributed by atoms with Crippen molar-refractivity contribution in [3.8, 4) is 23.7 Å². The SMILES string of the molecule is C=Cc1cccc(C#CC#Cc2ccccc2)c1C=C. The monoisotopic (exact) mass is 254 g/mol. The first kappa shape index (κ1) is 13.5. The van der Waals surface area contributed by atoms with Gasteiger partial charge in [0, 0.05) is 11.1 Å². The van der Waals surface area contributed by atoms with Crippen molar-refractivity contribution in [2.24, 2.45) is 0 Å². The lowest BCUT2D eigenvalue weighted by Crippen LogP contribution is -1.86. The molecule has 0 heterocycles. The van der Waals surface area contributed by atoms with Crippen molar-refractivity contribution in [1.82, 2.24) is 0 Å². The zero-order valence-electron chi connectivity index (χ0n) is 11.2. The number of rotatable bonds is 2. The van der Waals surface area contributed by atoms with Crippen LogP contribution >= 0.6 is 0 Å². The molecule has 0 radical (unpaired) electrons. The summed E-state index contributed by atoms with van der Waals surface area (Å²) in [7, 11) is 0. The van der Waals surface area contributed by atoms with E-state index in [1.165, 1.54) is 0 Å². The highest BCUT2D eigenvalue weighted by Crippen LogP contribution is 2.16. The highest BCUT2D eigenvalue weighted by atomic mass is 14.0. The number of hydrogen-bond donors (Lipinski definition) is 0. The molecule has 0 spiro atoms. The van der Waals surface area contributed by atoms with Crippen LogP contribution < -0.4 is 0 Å². The summed E-state index contributed by atoms with van der Waals surface area (Å²) in [4.78, 5) is 0. The molecule has 2 aromatic carbocycles. The van der Waals surface area contributed by atoms with Crippen molar-refractivity contribution in [2.75, 3.05) is 0 Å². The first-order valence-corrected chi connectivity index (χ1v) is 6.30. The molecule has 0 saturated heterocycles. The van der Waals surface area contributed by atoms with E-state index >= 15 is 0 Å². The molecule has 0 aromatic heterocycles. The summed E-state index contributed by atoms with van der Waals surface area (Å²) >= 11 is 0. The Morgan fingerprint density at radius 1 is 0.750 bits per heavy atom. The van der Waals surface area contributed by atoms with Gasteiger partial charge in [0.2, 0.25) is 0 Å². The standard InChI is InChI=1S/C20H14/c1-3-18-15-10-16-19(20(18)4-2)14-9-8-13-17-11-6-5-7-12-17/h3-7,10-12,15-16H,1-2H2. The van der Waals surface area contributed by atoms with E-state index in [4.69, 9.17) is 0 Å². The minimum atomic E-state index is 0.916. The summed E-state index contributed by atoms with van der Waals surface area (Å²) in [5.74, 6) is 11.8. The summed E-state index contributed by atoms with van der Waals surface area (Å²) in [5, 5.41) is 0. The second-order valence-corrected chi connectivity index (χ2v) is 4.08. The Labute approximate surface area is 120 Å². The second-order valence-electron chi connectivity index (χ2n) is 4.08. The van der Waals surface area contributed by atoms with E-state index in [-0.39, 0.29) is 0 Å². The van der Waals surface area contributed by atoms with Crippen LogP contribution in [0.1, 0.15) is 22.3 Å². The molecule has 2 rings (SSSR count). The maximum atomic E-state index is 3.82. The molecule has 20 heavy (non-hydrogen) atoms. The summed E-state index contributed by atoms with van der Waals surface area (Å²) in [6.45, 7) is 7.62. The van der Waals surface area contributed by atoms with Gasteiger partial charge in [0.1, 0.15) is 0 Å². The molecule has 0 saturated carbocycles. The second kappa shape index (κ2) is 6.83. The zero-order chi connectivity index (χ0) is 14.2. The molecule has 2 aromatic rings. The lowest BCUT2D eigenvalue weighted by molar-refractivity contribution is 1.57. The molecular formula is C20H14. The van der Waals surface area contributed by atoms with Crippen molar-refractivity contribution < 1.29 is 0 Å². The quantitative estimate of drug-likeness (QED) is 0.698. The molecule has 0 heteroatoms. The van der Waals surface area contributed by atoms with Crippen LogP contribution in [0.3, 0.4) is 0 Å². The molecule has 0 N–H and O–H groups in total. The first-order chi connectivity index (χ1) is 9.85. The topological polar surface area (TPSA) is 0 Å². The van der Waals surface area contributed by atoms with Gasteiger partial charge < -0.3 is 0 Å². The molecule has 0 amide bonds. The largest absolute Gasteiger partial charge is 0.0984 e. The fourth-order valence-electron chi connectivity index (χ4n) is 1.82. The van der Waals surface area contributed by atoms with E-state index in [0.717, 1.165) is 22.3 Å². The van der Waals surface area contributed by atoms with Crippen LogP contribution in [0.2, 0.25) is 0 Å². The van der Waals surface area contributed by atoms with Gasteiger partial charge in [-0.25, -0.2) is 0 Å². The van der Waals surface area contributed by atoms with E-state index in [9.17, 15) is 0 Å². The van der Waals surface area contributed by atoms with Crippen LogP contribution in [-0.4, -0.2) is 0 Å². The van der Waals surface area contributed by atoms with E-state index in [1.807, 2.05) is 48.5 Å². The van der Waals surface area contributed by atoms with Gasteiger partial charge in [-0.3, -0.25) is 0 Å². The summed E-state index contributed by atoms with van der Waals surface area (Å²) in [6.07, 6.45) is 3.60. The van der Waals surface area contributed by atoms with Crippen LogP contribution in [0.25, 0.3) is 12.2 Å². The van der Waals surface area contributed by atoms with Crippen molar-refractivity contribution in [1.29, 1.82) is 0 Å². The van der Waals surface area contributed by atoms with E-state index in [1.54, 1.807) is 12.2 Å². The molecule has 0 aliphatic rings. The first-order valence-electron chi connectivity index (χ1n) is 6.30. The van der Waals surface area contributed by atoms with Gasteiger partial charge in [0.25, 0.3) is 0 Å². The highest BCUT2D eigenvalue weighted by molar-refractivity contribution is 5.69. The van der Waals surface area contributed by atoms with Crippen LogP contribution in [0.5, 0.6) is 0 Å². The summed E-state index contributed by atoms with van der Waals surface area (Å²) in [6, 6.07) is 15.7. The van der Waals surface area contributed by atoms with Crippen molar-refractivity contribution in [3.05, 3.63) is 83.9 Å². The fraction of sp³-hybridized carbons (Fsp3) is 0. The number of benzene rings is 2. The van der Waals surface area contributed by atoms with Crippen molar-refractivity contribution in [2.45, 2.75) is 0 Å². The normalized spacial score (nSPS) is 8.60. The van der Waals surface area contributed by atoms with Gasteiger partial charge in [-0.1, -0.05) is 67.5 Å². The maximum Gasteiger partial charge on any atom is 0.0333 e. The Bertz CT molecular complexity index is 741. The Hall–Kier alpha value is -2.96. The van der Waals surface area contributed by atoms with Gasteiger partial charge >= 0.3 is 0 Å². The molecule has 0 fully saturated rings. The Kier molecular flexibility index (Phi) is 4.60. The summed E-state index contributed by atoms with van der Waals surface area (Å²) < 4.78 is 0. The highest BCUT2D eigenvalue weighted by Gasteiger charge is 1.99. The predicted molar refractivity (Wildman–Crippen MR) is 86.8 cm³/mol. The average Bonchev–Trinajstić information content (AvgIpc) is 2.52. The van der Waals surface area contributed by atoms with Gasteiger partial charge in [-0.2, -0.15) is 0 Å². The lowest BCUT2D eigenvalue weighted by Gasteiger charge is -2.02. The van der Waals surface area contributed by atoms with Gasteiger partial charge in [0.15, 0.2) is 0 Å². The van der Waals surface area contributed by atoms with Crippen LogP contribution in [-0.2, 0) is 0 Å². The van der Waals surface area contributed by atoms with Crippen molar-refractivity contribution >= 4 is 12.2 Å². The third-order valence-corrected chi connectivity index (χ3v) is 2.80. The van der Waals surface area contributed by atoms with Crippen molar-refractivity contribution in [3.63, 3.8) is 0 Å². The van der Waals surface area contributed by atoms with Crippen LogP contribution in [0.15, 0.2) is 61.7 Å². The van der Waals surface area contributed by atoms with Gasteiger partial charge in [-0.15, -0.1) is 0 Å². The van der Waals surface area contributed by atoms with Gasteiger partial charge in [0.05, 0.1) is 0 Å². The Balaban J connectivity index is 2.29. The van der Waals surface area contributed by atoms with Crippen LogP contribution in [0, 0.1) is 23.7 Å². The predicted octanol–water partition coefficient (Wildman–Crippen LogP) is 4.38. The fourth-order valence-corrected chi connectivity index (χ4v) is 1.82. The Morgan fingerprint density at radius 2 is 1.50 bits per heavy atom. The van der Waals surface area contributed by atoms with Crippen LogP contribution in [0.4, 0.5) is 0 Å². The molecule has 94 valence electrons. The third-order valence-electron chi connectivity index (χ3n) is 2.80.